The molecule has 1 heterocycles. The van der Waals surface area contributed by atoms with Crippen molar-refractivity contribution in [2.45, 2.75) is 30.2 Å². The van der Waals surface area contributed by atoms with E-state index in [1.807, 2.05) is 54.6 Å². The van der Waals surface area contributed by atoms with Crippen LogP contribution >= 0.6 is 24.8 Å². The van der Waals surface area contributed by atoms with Crippen LogP contribution in [0.1, 0.15) is 40.9 Å². The quantitative estimate of drug-likeness (QED) is 0.178. The van der Waals surface area contributed by atoms with Gasteiger partial charge in [0.2, 0.25) is 0 Å². The Balaban J connectivity index is 0.00000221. The lowest BCUT2D eigenvalue weighted by atomic mass is 9.95. The van der Waals surface area contributed by atoms with Gasteiger partial charge in [0.1, 0.15) is 11.2 Å². The van der Waals surface area contributed by atoms with Gasteiger partial charge in [-0.05, 0) is 35.2 Å². The van der Waals surface area contributed by atoms with E-state index >= 15 is 0 Å². The predicted molar refractivity (Wildman–Crippen MR) is 178 cm³/mol. The van der Waals surface area contributed by atoms with E-state index in [4.69, 9.17) is 14.2 Å². The number of hydrogen-bond acceptors (Lipinski definition) is 6. The lowest BCUT2D eigenvalue weighted by Gasteiger charge is -2.42. The smallest absolute Gasteiger partial charge is 0.321 e. The summed E-state index contributed by atoms with van der Waals surface area (Å²) in [5, 5.41) is 0. The van der Waals surface area contributed by atoms with Gasteiger partial charge in [0.05, 0.1) is 19.3 Å². The van der Waals surface area contributed by atoms with Crippen LogP contribution in [0.15, 0.2) is 115 Å². The fourth-order valence-electron chi connectivity index (χ4n) is 6.34. The lowest BCUT2D eigenvalue weighted by Crippen LogP contribution is -2.50. The molecule has 3 atom stereocenters. The molecule has 0 N–H and O–H groups in total. The number of benzene rings is 4. The van der Waals surface area contributed by atoms with Gasteiger partial charge in [0.15, 0.2) is 6.23 Å². The first-order chi connectivity index (χ1) is 20.6. The number of methoxy groups -OCH3 is 2. The third-order valence-corrected chi connectivity index (χ3v) is 8.73. The van der Waals surface area contributed by atoms with Gasteiger partial charge in [0.25, 0.3) is 0 Å². The van der Waals surface area contributed by atoms with Crippen molar-refractivity contribution >= 4 is 30.8 Å². The van der Waals surface area contributed by atoms with Crippen LogP contribution in [-0.2, 0) is 19.7 Å². The summed E-state index contributed by atoms with van der Waals surface area (Å²) in [5.74, 6) is 0.503. The number of carbonyl (C=O) groups excluding carboxylic acids is 1. The second kappa shape index (κ2) is 15.1. The van der Waals surface area contributed by atoms with Crippen molar-refractivity contribution in [3.05, 3.63) is 138 Å². The second-order valence-corrected chi connectivity index (χ2v) is 11.1. The summed E-state index contributed by atoms with van der Waals surface area (Å²) in [4.78, 5) is 18.9. The number of carbonyl (C=O) groups is 1. The topological polar surface area (TPSA) is 51.2 Å². The van der Waals surface area contributed by atoms with Crippen molar-refractivity contribution < 1.29 is 19.0 Å². The minimum atomic E-state index is -0.818. The number of hydrogen-bond donors (Lipinski definition) is 0. The third kappa shape index (κ3) is 6.80. The molecule has 232 valence electrons. The van der Waals surface area contributed by atoms with Crippen LogP contribution < -0.4 is 4.74 Å². The lowest BCUT2D eigenvalue weighted by molar-refractivity contribution is -0.167. The van der Waals surface area contributed by atoms with Crippen LogP contribution in [0, 0.1) is 0 Å². The second-order valence-electron chi connectivity index (χ2n) is 11.1. The van der Waals surface area contributed by atoms with E-state index in [1.54, 1.807) is 14.2 Å². The zero-order valence-corrected chi connectivity index (χ0v) is 26.7. The van der Waals surface area contributed by atoms with Crippen LogP contribution in [-0.4, -0.2) is 62.3 Å². The molecule has 0 aromatic heterocycles. The van der Waals surface area contributed by atoms with Gasteiger partial charge in [-0.15, -0.1) is 24.8 Å². The molecule has 2 aliphatic rings. The summed E-state index contributed by atoms with van der Waals surface area (Å²) < 4.78 is 17.5. The van der Waals surface area contributed by atoms with Gasteiger partial charge in [-0.25, -0.2) is 0 Å². The number of rotatable bonds is 10. The number of piperazine rings is 1. The van der Waals surface area contributed by atoms with E-state index in [0.29, 0.717) is 6.42 Å². The molecule has 1 saturated carbocycles. The molecule has 6 rings (SSSR count). The molecule has 6 nitrogen and oxygen atoms in total. The first-order valence-corrected chi connectivity index (χ1v) is 14.7. The van der Waals surface area contributed by atoms with Crippen LogP contribution in [0.2, 0.25) is 0 Å². The largest absolute Gasteiger partial charge is 0.497 e. The summed E-state index contributed by atoms with van der Waals surface area (Å²) in [6.07, 6.45) is -0.107. The maximum atomic E-state index is 14.0. The molecule has 1 aliphatic heterocycles. The highest BCUT2D eigenvalue weighted by Gasteiger charge is 2.64. The van der Waals surface area contributed by atoms with E-state index in [-0.39, 0.29) is 42.9 Å². The average molecular weight is 636 g/mol. The molecule has 1 aliphatic carbocycles. The Bertz CT molecular complexity index is 1410. The molecule has 8 heteroatoms. The standard InChI is InChI=1S/C36H38N2O4.2ClH/c1-40-31-20-18-30(19-21-31)36(26-32(36)41-2)35(39)42-34(29-16-10-5-11-17-29)38-24-22-37(23-25-38)33(27-12-6-3-7-13-27)28-14-8-4-9-15-28;;/h3-21,32-34H,22-26H2,1-2H3;2*1H/t32-,34?,36-;;/m1../s1. The maximum Gasteiger partial charge on any atom is 0.321 e. The Hall–Kier alpha value is -3.39. The highest BCUT2D eigenvalue weighted by Crippen LogP contribution is 2.52. The van der Waals surface area contributed by atoms with E-state index in [1.165, 1.54) is 11.1 Å². The highest BCUT2D eigenvalue weighted by atomic mass is 35.5. The summed E-state index contributed by atoms with van der Waals surface area (Å²) in [7, 11) is 3.30. The number of halogens is 2. The average Bonchev–Trinajstić information content (AvgIpc) is 3.82. The van der Waals surface area contributed by atoms with Gasteiger partial charge in [-0.2, -0.15) is 0 Å². The summed E-state index contributed by atoms with van der Waals surface area (Å²) in [5.41, 5.74) is 3.61. The molecule has 0 radical (unpaired) electrons. The SMILES string of the molecule is COc1ccc([C@]2(C(=O)OC(c3ccccc3)N3CCN(C(c4ccccc4)c4ccccc4)CC3)C[C@H]2OC)cc1.Cl.Cl. The van der Waals surface area contributed by atoms with Gasteiger partial charge >= 0.3 is 5.97 Å². The summed E-state index contributed by atoms with van der Waals surface area (Å²) in [6.45, 7) is 3.23. The normalized spacial score (nSPS) is 20.6. The zero-order valence-electron chi connectivity index (χ0n) is 25.1. The van der Waals surface area contributed by atoms with Crippen molar-refractivity contribution in [3.8, 4) is 5.75 Å². The molecule has 0 amide bonds. The van der Waals surface area contributed by atoms with Gasteiger partial charge in [-0.1, -0.05) is 103 Å². The van der Waals surface area contributed by atoms with E-state index in [9.17, 15) is 4.79 Å². The molecule has 4 aromatic rings. The Kier molecular flexibility index (Phi) is 11.5. The Morgan fingerprint density at radius 1 is 0.682 bits per heavy atom. The zero-order chi connectivity index (χ0) is 28.9. The molecular weight excluding hydrogens is 595 g/mol. The first-order valence-electron chi connectivity index (χ1n) is 14.7. The first kappa shape index (κ1) is 33.5. The molecule has 1 saturated heterocycles. The van der Waals surface area contributed by atoms with Gasteiger partial charge in [-0.3, -0.25) is 14.6 Å². The number of esters is 1. The number of ether oxygens (including phenoxy) is 3. The molecule has 0 spiro atoms. The van der Waals surface area contributed by atoms with Crippen molar-refractivity contribution in [3.63, 3.8) is 0 Å². The Morgan fingerprint density at radius 3 is 1.61 bits per heavy atom. The third-order valence-electron chi connectivity index (χ3n) is 8.73. The molecular formula is C36H40Cl2N2O4. The summed E-state index contributed by atoms with van der Waals surface area (Å²) >= 11 is 0. The maximum absolute atomic E-state index is 14.0. The highest BCUT2D eigenvalue weighted by molar-refractivity contribution is 5.88. The Labute approximate surface area is 272 Å². The molecule has 44 heavy (non-hydrogen) atoms. The molecule has 0 bridgehead atoms. The van der Waals surface area contributed by atoms with E-state index < -0.39 is 11.6 Å². The van der Waals surface area contributed by atoms with E-state index in [2.05, 4.69) is 70.5 Å². The van der Waals surface area contributed by atoms with Gasteiger partial charge in [0, 0.05) is 38.9 Å². The monoisotopic (exact) mass is 634 g/mol. The fourth-order valence-corrected chi connectivity index (χ4v) is 6.34. The van der Waals surface area contributed by atoms with Crippen molar-refractivity contribution in [1.29, 1.82) is 0 Å². The van der Waals surface area contributed by atoms with Crippen LogP contribution in [0.4, 0.5) is 0 Å². The predicted octanol–water partition coefficient (Wildman–Crippen LogP) is 6.84. The van der Waals surface area contributed by atoms with Crippen molar-refractivity contribution in [1.82, 2.24) is 9.80 Å². The molecule has 4 aromatic carbocycles. The van der Waals surface area contributed by atoms with Crippen LogP contribution in [0.25, 0.3) is 0 Å². The molecule has 1 unspecified atom stereocenters. The fraction of sp³-hybridized carbons (Fsp3) is 0.306. The minimum absolute atomic E-state index is 0. The number of nitrogens with zero attached hydrogens (tertiary/aromatic N) is 2. The summed E-state index contributed by atoms with van der Waals surface area (Å²) in [6, 6.07) is 39.3. The van der Waals surface area contributed by atoms with Crippen molar-refractivity contribution in [2.75, 3.05) is 40.4 Å². The van der Waals surface area contributed by atoms with Crippen LogP contribution in [0.5, 0.6) is 5.75 Å². The minimum Gasteiger partial charge on any atom is -0.497 e. The van der Waals surface area contributed by atoms with Gasteiger partial charge < -0.3 is 14.2 Å². The van der Waals surface area contributed by atoms with E-state index in [0.717, 1.165) is 43.1 Å². The Morgan fingerprint density at radius 2 is 1.16 bits per heavy atom. The van der Waals surface area contributed by atoms with Crippen LogP contribution in [0.3, 0.4) is 0 Å². The molecule has 2 fully saturated rings. The van der Waals surface area contributed by atoms with Crippen molar-refractivity contribution in [2.24, 2.45) is 0 Å².